The van der Waals surface area contributed by atoms with Gasteiger partial charge in [-0.1, -0.05) is 12.0 Å². The van der Waals surface area contributed by atoms with Gasteiger partial charge in [0.05, 0.1) is 34.3 Å². The van der Waals surface area contributed by atoms with E-state index in [2.05, 4.69) is 21.3 Å². The summed E-state index contributed by atoms with van der Waals surface area (Å²) in [5.74, 6) is 1.22. The lowest BCUT2D eigenvalue weighted by Gasteiger charge is -2.08. The van der Waals surface area contributed by atoms with E-state index in [0.717, 1.165) is 4.88 Å². The molecule has 132 valence electrons. The monoisotopic (exact) mass is 368 g/mol. The summed E-state index contributed by atoms with van der Waals surface area (Å²) in [4.78, 5) is 29.7. The molecule has 3 heterocycles. The topological polar surface area (TPSA) is 86.1 Å². The Hall–Kier alpha value is -3.18. The molecule has 0 saturated heterocycles. The van der Waals surface area contributed by atoms with Crippen molar-refractivity contribution in [1.29, 1.82) is 0 Å². The minimum absolute atomic E-state index is 0.0850. The minimum atomic E-state index is -0.610. The van der Waals surface area contributed by atoms with Crippen LogP contribution in [0.5, 0.6) is 0 Å². The summed E-state index contributed by atoms with van der Waals surface area (Å²) in [7, 11) is 0. The van der Waals surface area contributed by atoms with Gasteiger partial charge in [0.1, 0.15) is 0 Å². The number of pyridine rings is 1. The van der Waals surface area contributed by atoms with E-state index < -0.39 is 18.5 Å². The molecule has 0 spiro atoms. The van der Waals surface area contributed by atoms with Crippen molar-refractivity contribution in [3.63, 3.8) is 0 Å². The first-order valence-corrected chi connectivity index (χ1v) is 8.79. The van der Waals surface area contributed by atoms with Crippen LogP contribution in [0.3, 0.4) is 0 Å². The zero-order valence-corrected chi connectivity index (χ0v) is 14.9. The van der Waals surface area contributed by atoms with Crippen LogP contribution in [0.4, 0.5) is 0 Å². The van der Waals surface area contributed by atoms with Crippen molar-refractivity contribution in [2.45, 2.75) is 13.5 Å². The number of hydrogen-bond donors (Lipinski definition) is 1. The predicted octanol–water partition coefficient (Wildman–Crippen LogP) is 2.09. The molecule has 0 radical (unpaired) electrons. The third-order valence-corrected chi connectivity index (χ3v) is 4.52. The lowest BCUT2D eigenvalue weighted by Crippen LogP contribution is -2.29. The Morgan fingerprint density at radius 2 is 2.31 bits per heavy atom. The van der Waals surface area contributed by atoms with Crippen LogP contribution < -0.4 is 5.32 Å². The Morgan fingerprint density at radius 3 is 3.00 bits per heavy atom. The van der Waals surface area contributed by atoms with E-state index in [1.165, 1.54) is 11.3 Å². The average Bonchev–Trinajstić information content (AvgIpc) is 3.32. The van der Waals surface area contributed by atoms with Gasteiger partial charge in [0.15, 0.2) is 12.3 Å². The van der Waals surface area contributed by atoms with Crippen LogP contribution in [0.2, 0.25) is 0 Å². The van der Waals surface area contributed by atoms with Gasteiger partial charge in [-0.25, -0.2) is 14.5 Å². The zero-order valence-electron chi connectivity index (χ0n) is 14.1. The van der Waals surface area contributed by atoms with E-state index in [0.29, 0.717) is 28.8 Å². The number of rotatable bonds is 6. The molecule has 0 unspecified atom stereocenters. The van der Waals surface area contributed by atoms with Crippen LogP contribution in [0.25, 0.3) is 21.6 Å². The van der Waals surface area contributed by atoms with Crippen molar-refractivity contribution < 1.29 is 14.3 Å². The van der Waals surface area contributed by atoms with E-state index >= 15 is 0 Å². The summed E-state index contributed by atoms with van der Waals surface area (Å²) in [5.41, 5.74) is 1.58. The summed E-state index contributed by atoms with van der Waals surface area (Å²) >= 11 is 1.52. The van der Waals surface area contributed by atoms with Crippen LogP contribution >= 0.6 is 11.3 Å². The number of nitrogens with one attached hydrogen (secondary N) is 1. The highest BCUT2D eigenvalue weighted by Gasteiger charge is 2.19. The van der Waals surface area contributed by atoms with Crippen molar-refractivity contribution >= 4 is 34.2 Å². The van der Waals surface area contributed by atoms with E-state index in [1.807, 2.05) is 24.4 Å². The van der Waals surface area contributed by atoms with Gasteiger partial charge in [-0.15, -0.1) is 17.8 Å². The van der Waals surface area contributed by atoms with Crippen molar-refractivity contribution in [1.82, 2.24) is 20.1 Å². The van der Waals surface area contributed by atoms with Gasteiger partial charge in [0.25, 0.3) is 5.91 Å². The molecule has 3 aromatic rings. The van der Waals surface area contributed by atoms with E-state index in [-0.39, 0.29) is 6.54 Å². The van der Waals surface area contributed by atoms with Crippen molar-refractivity contribution in [3.8, 4) is 22.9 Å². The SMILES string of the molecule is C#CCNC(=O)COC(=O)c1cc(-c2cccs2)nc2c1cnn2CC. The average molecular weight is 368 g/mol. The number of thiophene rings is 1. The van der Waals surface area contributed by atoms with Crippen LogP contribution in [-0.2, 0) is 16.1 Å². The Labute approximate surface area is 154 Å². The van der Waals surface area contributed by atoms with E-state index in [9.17, 15) is 9.59 Å². The molecule has 1 N–H and O–H groups in total. The highest BCUT2D eigenvalue weighted by molar-refractivity contribution is 7.13. The third-order valence-electron chi connectivity index (χ3n) is 3.62. The maximum Gasteiger partial charge on any atom is 0.339 e. The summed E-state index contributed by atoms with van der Waals surface area (Å²) in [6.07, 6.45) is 6.66. The van der Waals surface area contributed by atoms with Crippen molar-refractivity contribution in [3.05, 3.63) is 35.3 Å². The second kappa shape index (κ2) is 7.80. The van der Waals surface area contributed by atoms with Crippen LogP contribution in [0, 0.1) is 12.3 Å². The number of terminal acetylenes is 1. The molecule has 8 heteroatoms. The van der Waals surface area contributed by atoms with E-state index in [1.54, 1.807) is 16.9 Å². The molecule has 7 nitrogen and oxygen atoms in total. The number of carbonyl (C=O) groups is 2. The van der Waals surface area contributed by atoms with Crippen molar-refractivity contribution in [2.75, 3.05) is 13.2 Å². The van der Waals surface area contributed by atoms with E-state index in [4.69, 9.17) is 11.2 Å². The Bertz CT molecular complexity index is 986. The maximum atomic E-state index is 12.6. The molecule has 26 heavy (non-hydrogen) atoms. The number of ether oxygens (including phenoxy) is 1. The highest BCUT2D eigenvalue weighted by Crippen LogP contribution is 2.28. The molecule has 0 atom stereocenters. The fourth-order valence-corrected chi connectivity index (χ4v) is 3.09. The first-order chi connectivity index (χ1) is 12.6. The van der Waals surface area contributed by atoms with Gasteiger partial charge in [-0.3, -0.25) is 4.79 Å². The van der Waals surface area contributed by atoms with Crippen molar-refractivity contribution in [2.24, 2.45) is 0 Å². The predicted molar refractivity (Wildman–Crippen MR) is 98.6 cm³/mol. The quantitative estimate of drug-likeness (QED) is 0.532. The number of nitrogens with zero attached hydrogens (tertiary/aromatic N) is 3. The summed E-state index contributed by atoms with van der Waals surface area (Å²) in [6, 6.07) is 5.50. The Kier molecular flexibility index (Phi) is 5.29. The van der Waals surface area contributed by atoms with Gasteiger partial charge in [0, 0.05) is 6.54 Å². The number of esters is 1. The lowest BCUT2D eigenvalue weighted by atomic mass is 10.1. The Balaban J connectivity index is 1.93. The molecule has 0 aliphatic heterocycles. The molecule has 1 amide bonds. The first kappa shape index (κ1) is 17.6. The standard InChI is InChI=1S/C18H16N4O3S/c1-3-7-19-16(23)11-25-18(24)12-9-14(15-6-5-8-26-15)21-17-13(12)10-20-22(17)4-2/h1,5-6,8-10H,4,7,11H2,2H3,(H,19,23). The molecule has 0 saturated carbocycles. The largest absolute Gasteiger partial charge is 0.452 e. The van der Waals surface area contributed by atoms with Crippen LogP contribution in [-0.4, -0.2) is 39.8 Å². The summed E-state index contributed by atoms with van der Waals surface area (Å²) < 4.78 is 6.84. The lowest BCUT2D eigenvalue weighted by molar-refractivity contribution is -0.123. The zero-order chi connectivity index (χ0) is 18.5. The fraction of sp³-hybridized carbons (Fsp3) is 0.222. The molecular formula is C18H16N4O3S. The number of aromatic nitrogens is 3. The first-order valence-electron chi connectivity index (χ1n) is 7.91. The number of fused-ring (bicyclic) bond motifs is 1. The molecule has 0 bridgehead atoms. The molecule has 0 aromatic carbocycles. The van der Waals surface area contributed by atoms with Gasteiger partial charge in [-0.05, 0) is 24.4 Å². The van der Waals surface area contributed by atoms with Gasteiger partial charge in [0.2, 0.25) is 0 Å². The van der Waals surface area contributed by atoms with Gasteiger partial charge in [-0.2, -0.15) is 5.10 Å². The van der Waals surface area contributed by atoms with Gasteiger partial charge >= 0.3 is 5.97 Å². The van der Waals surface area contributed by atoms with Crippen LogP contribution in [0.1, 0.15) is 17.3 Å². The smallest absolute Gasteiger partial charge is 0.339 e. The summed E-state index contributed by atoms with van der Waals surface area (Å²) in [5, 5.41) is 9.23. The molecular weight excluding hydrogens is 352 g/mol. The molecule has 3 aromatic heterocycles. The number of hydrogen-bond acceptors (Lipinski definition) is 6. The normalized spacial score (nSPS) is 10.5. The highest BCUT2D eigenvalue weighted by atomic mass is 32.1. The molecule has 0 fully saturated rings. The van der Waals surface area contributed by atoms with Crippen LogP contribution in [0.15, 0.2) is 29.8 Å². The second-order valence-corrected chi connectivity index (χ2v) is 6.23. The van der Waals surface area contributed by atoms with Gasteiger partial charge < -0.3 is 10.1 Å². The maximum absolute atomic E-state index is 12.6. The molecule has 0 aliphatic rings. The fourth-order valence-electron chi connectivity index (χ4n) is 2.41. The molecule has 0 aliphatic carbocycles. The molecule has 3 rings (SSSR count). The third kappa shape index (κ3) is 3.58. The second-order valence-electron chi connectivity index (χ2n) is 5.29. The number of aryl methyl sites for hydroxylation is 1. The number of amides is 1. The summed E-state index contributed by atoms with van der Waals surface area (Å²) in [6.45, 7) is 2.25. The Morgan fingerprint density at radius 1 is 1.46 bits per heavy atom. The minimum Gasteiger partial charge on any atom is -0.452 e. The number of carbonyl (C=O) groups excluding carboxylic acids is 2.